The minimum Gasteiger partial charge on any atom is -0.497 e. The first-order valence-electron chi connectivity index (χ1n) is 15.3. The van der Waals surface area contributed by atoms with Crippen LogP contribution >= 0.6 is 0 Å². The van der Waals surface area contributed by atoms with Crippen LogP contribution in [-0.4, -0.2) is 39.1 Å². The lowest BCUT2D eigenvalue weighted by Gasteiger charge is -2.38. The molecule has 0 N–H and O–H groups in total. The van der Waals surface area contributed by atoms with E-state index in [1.54, 1.807) is 31.4 Å². The zero-order chi connectivity index (χ0) is 28.7. The van der Waals surface area contributed by atoms with Crippen molar-refractivity contribution in [3.8, 4) is 17.2 Å². The van der Waals surface area contributed by atoms with E-state index in [-0.39, 0.29) is 5.78 Å². The average Bonchev–Trinajstić information content (AvgIpc) is 3.06. The Bertz CT molecular complexity index is 1440. The summed E-state index contributed by atoms with van der Waals surface area (Å²) >= 11 is 0. The largest absolute Gasteiger partial charge is 0.497 e. The highest BCUT2D eigenvalue weighted by atomic mass is 16.5. The Balaban J connectivity index is 0.982. The summed E-state index contributed by atoms with van der Waals surface area (Å²) in [4.78, 5) is 17.9. The Morgan fingerprint density at radius 1 is 0.619 bits per heavy atom. The second-order valence-corrected chi connectivity index (χ2v) is 11.6. The van der Waals surface area contributed by atoms with Crippen LogP contribution in [0.5, 0.6) is 17.2 Å². The maximum Gasteiger partial charge on any atom is 0.193 e. The summed E-state index contributed by atoms with van der Waals surface area (Å²) in [5, 5.41) is 0. The number of benzene rings is 4. The summed E-state index contributed by atoms with van der Waals surface area (Å²) < 4.78 is 11.4. The number of carbonyl (C=O) groups is 1. The summed E-state index contributed by atoms with van der Waals surface area (Å²) in [6.07, 6.45) is 6.51. The highest BCUT2D eigenvalue weighted by Crippen LogP contribution is 2.34. The number of hydrogen-bond acceptors (Lipinski definition) is 5. The molecule has 2 saturated heterocycles. The molecule has 0 aliphatic carbocycles. The first kappa shape index (κ1) is 27.9. The van der Waals surface area contributed by atoms with Crippen LogP contribution in [0.1, 0.15) is 48.0 Å². The summed E-state index contributed by atoms with van der Waals surface area (Å²) in [6.45, 7) is 4.56. The number of anilines is 2. The van der Waals surface area contributed by atoms with Crippen molar-refractivity contribution < 1.29 is 14.3 Å². The van der Waals surface area contributed by atoms with Crippen molar-refractivity contribution in [1.82, 2.24) is 0 Å². The molecule has 0 amide bonds. The maximum absolute atomic E-state index is 12.8. The number of carbonyl (C=O) groups excluding carboxylic acids is 1. The van der Waals surface area contributed by atoms with Gasteiger partial charge in [-0.3, -0.25) is 4.79 Å². The third kappa shape index (κ3) is 6.79. The molecule has 0 aromatic heterocycles. The Morgan fingerprint density at radius 2 is 1.14 bits per heavy atom. The summed E-state index contributed by atoms with van der Waals surface area (Å²) in [5.41, 5.74) is 3.85. The van der Waals surface area contributed by atoms with Gasteiger partial charge in [0.15, 0.2) is 5.78 Å². The minimum atomic E-state index is -0.0211. The standard InChI is InChI=1S/C37H40N2O3/c1-41-34-14-10-30(11-15-34)37(40)31-12-16-35(17-13-31)42-36-9-5-8-33(27-36)39-24-20-29(21-25-39)26-28-18-22-38(23-19-28)32-6-3-2-4-7-32/h2-17,27-29H,18-26H2,1H3. The third-order valence-electron chi connectivity index (χ3n) is 8.90. The molecule has 42 heavy (non-hydrogen) atoms. The van der Waals surface area contributed by atoms with Gasteiger partial charge in [0.2, 0.25) is 0 Å². The lowest BCUT2D eigenvalue weighted by atomic mass is 9.82. The molecule has 4 aromatic rings. The van der Waals surface area contributed by atoms with Crippen LogP contribution in [0.3, 0.4) is 0 Å². The molecule has 6 rings (SSSR count). The molecule has 0 spiro atoms. The molecule has 2 heterocycles. The fourth-order valence-electron chi connectivity index (χ4n) is 6.43. The van der Waals surface area contributed by atoms with Crippen molar-refractivity contribution in [3.63, 3.8) is 0 Å². The van der Waals surface area contributed by atoms with Crippen molar-refractivity contribution in [2.75, 3.05) is 43.1 Å². The lowest BCUT2D eigenvalue weighted by Crippen LogP contribution is -2.37. The van der Waals surface area contributed by atoms with Gasteiger partial charge >= 0.3 is 0 Å². The number of methoxy groups -OCH3 is 1. The molecular formula is C37H40N2O3. The average molecular weight is 561 g/mol. The second kappa shape index (κ2) is 13.2. The van der Waals surface area contributed by atoms with E-state index in [2.05, 4.69) is 58.3 Å². The highest BCUT2D eigenvalue weighted by molar-refractivity contribution is 6.09. The molecule has 0 unspecified atom stereocenters. The summed E-state index contributed by atoms with van der Waals surface area (Å²) in [7, 11) is 1.62. The normalized spacial score (nSPS) is 16.3. The van der Waals surface area contributed by atoms with E-state index >= 15 is 0 Å². The van der Waals surface area contributed by atoms with Crippen molar-refractivity contribution in [3.05, 3.63) is 114 Å². The molecule has 216 valence electrons. The van der Waals surface area contributed by atoms with Gasteiger partial charge < -0.3 is 19.3 Å². The zero-order valence-corrected chi connectivity index (χ0v) is 24.5. The van der Waals surface area contributed by atoms with Crippen molar-refractivity contribution in [1.29, 1.82) is 0 Å². The van der Waals surface area contributed by atoms with E-state index < -0.39 is 0 Å². The van der Waals surface area contributed by atoms with Crippen molar-refractivity contribution >= 4 is 17.2 Å². The Kier molecular flexibility index (Phi) is 8.74. The molecule has 2 aliphatic heterocycles. The van der Waals surface area contributed by atoms with E-state index in [0.29, 0.717) is 11.1 Å². The molecule has 0 radical (unpaired) electrons. The monoisotopic (exact) mass is 560 g/mol. The number of piperidine rings is 2. The van der Waals surface area contributed by atoms with Gasteiger partial charge in [0.1, 0.15) is 17.2 Å². The zero-order valence-electron chi connectivity index (χ0n) is 24.5. The second-order valence-electron chi connectivity index (χ2n) is 11.6. The molecule has 5 heteroatoms. The van der Waals surface area contributed by atoms with Crippen LogP contribution in [0.2, 0.25) is 0 Å². The molecule has 4 aromatic carbocycles. The number of ketones is 1. The molecule has 0 bridgehead atoms. The van der Waals surface area contributed by atoms with Gasteiger partial charge in [-0.05, 0) is 117 Å². The highest BCUT2D eigenvalue weighted by Gasteiger charge is 2.26. The number of para-hydroxylation sites is 1. The quantitative estimate of drug-likeness (QED) is 0.193. The van der Waals surface area contributed by atoms with Crippen molar-refractivity contribution in [2.45, 2.75) is 32.1 Å². The molecule has 0 atom stereocenters. The Morgan fingerprint density at radius 3 is 1.71 bits per heavy atom. The van der Waals surface area contributed by atoms with E-state index in [1.165, 1.54) is 56.6 Å². The molecule has 2 fully saturated rings. The van der Waals surface area contributed by atoms with Gasteiger partial charge in [-0.1, -0.05) is 24.3 Å². The topological polar surface area (TPSA) is 42.0 Å². The van der Waals surface area contributed by atoms with Crippen LogP contribution in [-0.2, 0) is 0 Å². The smallest absolute Gasteiger partial charge is 0.193 e. The van der Waals surface area contributed by atoms with E-state index in [9.17, 15) is 4.79 Å². The maximum atomic E-state index is 12.8. The predicted molar refractivity (Wildman–Crippen MR) is 170 cm³/mol. The van der Waals surface area contributed by atoms with Gasteiger partial charge in [0.05, 0.1) is 7.11 Å². The predicted octanol–water partition coefficient (Wildman–Crippen LogP) is 8.24. The molecule has 2 aliphatic rings. The summed E-state index contributed by atoms with van der Waals surface area (Å²) in [5.74, 6) is 3.93. The van der Waals surface area contributed by atoms with Crippen LogP contribution in [0.25, 0.3) is 0 Å². The van der Waals surface area contributed by atoms with Crippen LogP contribution in [0, 0.1) is 11.8 Å². The minimum absolute atomic E-state index is 0.0211. The van der Waals surface area contributed by atoms with Crippen LogP contribution < -0.4 is 19.3 Å². The summed E-state index contributed by atoms with van der Waals surface area (Å²) in [6, 6.07) is 33.8. The number of hydrogen-bond donors (Lipinski definition) is 0. The van der Waals surface area contributed by atoms with Gasteiger partial charge in [-0.2, -0.15) is 0 Å². The van der Waals surface area contributed by atoms with Gasteiger partial charge in [0, 0.05) is 54.7 Å². The molecular weight excluding hydrogens is 520 g/mol. The van der Waals surface area contributed by atoms with E-state index in [0.717, 1.165) is 42.2 Å². The van der Waals surface area contributed by atoms with Crippen molar-refractivity contribution in [2.24, 2.45) is 11.8 Å². The van der Waals surface area contributed by atoms with Gasteiger partial charge in [-0.25, -0.2) is 0 Å². The van der Waals surface area contributed by atoms with E-state index in [1.807, 2.05) is 30.3 Å². The molecule has 0 saturated carbocycles. The van der Waals surface area contributed by atoms with Gasteiger partial charge in [-0.15, -0.1) is 0 Å². The van der Waals surface area contributed by atoms with E-state index in [4.69, 9.17) is 9.47 Å². The Hall–Kier alpha value is -4.25. The fraction of sp³-hybridized carbons (Fsp3) is 0.324. The number of nitrogens with zero attached hydrogens (tertiary/aromatic N) is 2. The fourth-order valence-corrected chi connectivity index (χ4v) is 6.43. The molecule has 5 nitrogen and oxygen atoms in total. The SMILES string of the molecule is COc1ccc(C(=O)c2ccc(Oc3cccc(N4CCC(CC5CCN(c6ccccc6)CC5)CC4)c3)cc2)cc1. The van der Waals surface area contributed by atoms with Crippen LogP contribution in [0.4, 0.5) is 11.4 Å². The first-order chi connectivity index (χ1) is 20.6. The van der Waals surface area contributed by atoms with Gasteiger partial charge in [0.25, 0.3) is 0 Å². The number of rotatable bonds is 9. The number of ether oxygens (including phenoxy) is 2. The Labute approximate surface area is 249 Å². The first-order valence-corrected chi connectivity index (χ1v) is 15.3. The lowest BCUT2D eigenvalue weighted by molar-refractivity contribution is 0.103. The van der Waals surface area contributed by atoms with Crippen LogP contribution in [0.15, 0.2) is 103 Å². The third-order valence-corrected chi connectivity index (χ3v) is 8.90.